The summed E-state index contributed by atoms with van der Waals surface area (Å²) in [6.07, 6.45) is 0. The van der Waals surface area contributed by atoms with Gasteiger partial charge in [0.15, 0.2) is 23.3 Å². The molecule has 0 atom stereocenters. The van der Waals surface area contributed by atoms with Crippen molar-refractivity contribution in [2.24, 2.45) is 0 Å². The number of rotatable bonds is 1. The normalized spacial score (nSPS) is 10.1. The number of nitrogens with zero attached hydrogens (tertiary/aromatic N) is 1. The SMILES string of the molecule is Nc1c([N+](=O)[O-])cc(Cl)c(F)c1F.Nc1cc(Cl)c(F)c(F)c1N. The van der Waals surface area contributed by atoms with E-state index in [1.807, 2.05) is 0 Å². The van der Waals surface area contributed by atoms with Gasteiger partial charge in [-0.2, -0.15) is 0 Å². The monoisotopic (exact) mass is 386 g/mol. The van der Waals surface area contributed by atoms with Crippen molar-refractivity contribution in [1.29, 1.82) is 0 Å². The molecule has 2 aromatic carbocycles. The minimum Gasteiger partial charge on any atom is -0.397 e. The Morgan fingerprint density at radius 1 is 0.833 bits per heavy atom. The summed E-state index contributed by atoms with van der Waals surface area (Å²) in [6, 6.07) is 1.73. The predicted octanol–water partition coefficient (Wildman–Crippen LogP) is 3.89. The van der Waals surface area contributed by atoms with Crippen LogP contribution in [0.4, 0.5) is 40.3 Å². The first-order valence-corrected chi connectivity index (χ1v) is 6.50. The molecule has 24 heavy (non-hydrogen) atoms. The zero-order valence-electron chi connectivity index (χ0n) is 11.4. The summed E-state index contributed by atoms with van der Waals surface area (Å²) in [7, 11) is 0. The molecule has 0 aliphatic carbocycles. The zero-order chi connectivity index (χ0) is 18.8. The number of nitrogens with two attached hydrogens (primary N) is 3. The third-order valence-corrected chi connectivity index (χ3v) is 3.16. The fourth-order valence-electron chi connectivity index (χ4n) is 1.38. The van der Waals surface area contributed by atoms with Gasteiger partial charge in [0.25, 0.3) is 5.69 Å². The van der Waals surface area contributed by atoms with Gasteiger partial charge >= 0.3 is 0 Å². The van der Waals surface area contributed by atoms with Crippen molar-refractivity contribution in [3.63, 3.8) is 0 Å². The van der Waals surface area contributed by atoms with Crippen LogP contribution in [0.15, 0.2) is 12.1 Å². The number of hydrogen-bond acceptors (Lipinski definition) is 5. The lowest BCUT2D eigenvalue weighted by molar-refractivity contribution is -0.384. The Morgan fingerprint density at radius 3 is 1.71 bits per heavy atom. The molecule has 0 radical (unpaired) electrons. The highest BCUT2D eigenvalue weighted by Crippen LogP contribution is 2.31. The first-order chi connectivity index (χ1) is 11.0. The molecule has 0 saturated carbocycles. The van der Waals surface area contributed by atoms with E-state index < -0.39 is 50.3 Å². The zero-order valence-corrected chi connectivity index (χ0v) is 12.9. The van der Waals surface area contributed by atoms with E-state index in [1.54, 1.807) is 0 Å². The lowest BCUT2D eigenvalue weighted by atomic mass is 10.2. The molecule has 6 N–H and O–H groups in total. The molecule has 2 aromatic rings. The van der Waals surface area contributed by atoms with Crippen LogP contribution in [0.2, 0.25) is 10.0 Å². The van der Waals surface area contributed by atoms with Gasteiger partial charge < -0.3 is 17.2 Å². The number of nitro benzene ring substituents is 1. The summed E-state index contributed by atoms with van der Waals surface area (Å²) in [5, 5.41) is 9.18. The lowest BCUT2D eigenvalue weighted by Gasteiger charge is -2.02. The van der Waals surface area contributed by atoms with Gasteiger partial charge in [0.1, 0.15) is 5.69 Å². The number of anilines is 3. The Labute approximate surface area is 141 Å². The van der Waals surface area contributed by atoms with Crippen LogP contribution in [0.3, 0.4) is 0 Å². The summed E-state index contributed by atoms with van der Waals surface area (Å²) in [5.74, 6) is -5.25. The molecule has 0 bridgehead atoms. The van der Waals surface area contributed by atoms with Gasteiger partial charge in [-0.1, -0.05) is 23.2 Å². The van der Waals surface area contributed by atoms with Gasteiger partial charge in [-0.25, -0.2) is 17.6 Å². The molecule has 0 aliphatic rings. The van der Waals surface area contributed by atoms with Crippen LogP contribution in [0.5, 0.6) is 0 Å². The predicted molar refractivity (Wildman–Crippen MR) is 82.6 cm³/mol. The van der Waals surface area contributed by atoms with Crippen LogP contribution in [0.25, 0.3) is 0 Å². The van der Waals surface area contributed by atoms with Crippen LogP contribution < -0.4 is 17.2 Å². The van der Waals surface area contributed by atoms with Gasteiger partial charge in [-0.15, -0.1) is 0 Å². The third kappa shape index (κ3) is 3.89. The van der Waals surface area contributed by atoms with Gasteiger partial charge in [-0.3, -0.25) is 10.1 Å². The van der Waals surface area contributed by atoms with E-state index in [0.29, 0.717) is 6.07 Å². The van der Waals surface area contributed by atoms with Crippen molar-refractivity contribution in [3.05, 3.63) is 55.6 Å². The van der Waals surface area contributed by atoms with E-state index in [-0.39, 0.29) is 10.7 Å². The van der Waals surface area contributed by atoms with Gasteiger partial charge in [-0.05, 0) is 6.07 Å². The van der Waals surface area contributed by atoms with E-state index in [4.69, 9.17) is 40.4 Å². The summed E-state index contributed by atoms with van der Waals surface area (Å²) in [6.45, 7) is 0. The Balaban J connectivity index is 0.000000243. The second kappa shape index (κ2) is 7.41. The van der Waals surface area contributed by atoms with Crippen LogP contribution in [-0.2, 0) is 0 Å². The van der Waals surface area contributed by atoms with Crippen LogP contribution >= 0.6 is 23.2 Å². The standard InChI is InChI=1S/C6H3ClF2N2O2.C6H5ClF2N2/c7-2-1-3(11(12)13)6(10)5(9)4(2)8;7-2-1-3(10)6(11)5(9)4(2)8/h1H,10H2;1H,10-11H2. The molecule has 12 heteroatoms. The Kier molecular flexibility index (Phi) is 6.04. The van der Waals surface area contributed by atoms with Crippen LogP contribution in [0, 0.1) is 33.4 Å². The van der Waals surface area contributed by atoms with E-state index in [9.17, 15) is 27.7 Å². The highest BCUT2D eigenvalue weighted by Gasteiger charge is 2.22. The minimum absolute atomic E-state index is 0.0612. The number of nitro groups is 1. The largest absolute Gasteiger partial charge is 0.397 e. The van der Waals surface area contributed by atoms with Gasteiger partial charge in [0, 0.05) is 6.07 Å². The molecule has 130 valence electrons. The number of halogens is 6. The van der Waals surface area contributed by atoms with E-state index in [1.165, 1.54) is 0 Å². The molecule has 0 fully saturated rings. The fourth-order valence-corrected chi connectivity index (χ4v) is 1.76. The summed E-state index contributed by atoms with van der Waals surface area (Å²) < 4.78 is 50.5. The average molecular weight is 387 g/mol. The molecule has 0 saturated heterocycles. The van der Waals surface area contributed by atoms with E-state index >= 15 is 0 Å². The smallest absolute Gasteiger partial charge is 0.296 e. The van der Waals surface area contributed by atoms with E-state index in [0.717, 1.165) is 6.07 Å². The maximum absolute atomic E-state index is 12.7. The Morgan fingerprint density at radius 2 is 1.25 bits per heavy atom. The molecule has 0 aromatic heterocycles. The van der Waals surface area contributed by atoms with Crippen molar-refractivity contribution in [3.8, 4) is 0 Å². The maximum atomic E-state index is 12.7. The molecule has 0 amide bonds. The molecular weight excluding hydrogens is 379 g/mol. The number of nitrogen functional groups attached to an aromatic ring is 3. The highest BCUT2D eigenvalue weighted by molar-refractivity contribution is 6.31. The molecular formula is C12H8Cl2F4N4O2. The van der Waals surface area contributed by atoms with Gasteiger partial charge in [0.2, 0.25) is 0 Å². The topological polar surface area (TPSA) is 121 Å². The molecule has 0 unspecified atom stereocenters. The second-order valence-electron chi connectivity index (χ2n) is 4.17. The Hall–Kier alpha value is -2.46. The van der Waals surface area contributed by atoms with Crippen molar-refractivity contribution in [2.75, 3.05) is 17.2 Å². The summed E-state index contributed by atoms with van der Waals surface area (Å²) in [5.41, 5.74) is 13.1. The summed E-state index contributed by atoms with van der Waals surface area (Å²) in [4.78, 5) is 9.27. The minimum atomic E-state index is -1.50. The fraction of sp³-hybridized carbons (Fsp3) is 0. The average Bonchev–Trinajstić information content (AvgIpc) is 2.52. The van der Waals surface area contributed by atoms with Crippen molar-refractivity contribution < 1.29 is 22.5 Å². The molecule has 0 spiro atoms. The second-order valence-corrected chi connectivity index (χ2v) is 4.98. The number of hydrogen-bond donors (Lipinski definition) is 3. The molecule has 0 heterocycles. The molecule has 2 rings (SSSR count). The quantitative estimate of drug-likeness (QED) is 0.225. The highest BCUT2D eigenvalue weighted by atomic mass is 35.5. The first-order valence-electron chi connectivity index (χ1n) is 5.74. The third-order valence-electron chi connectivity index (χ3n) is 2.61. The van der Waals surface area contributed by atoms with Gasteiger partial charge in [0.05, 0.1) is 26.3 Å². The first kappa shape index (κ1) is 19.6. The van der Waals surface area contributed by atoms with Crippen LogP contribution in [-0.4, -0.2) is 4.92 Å². The van der Waals surface area contributed by atoms with Crippen molar-refractivity contribution in [2.45, 2.75) is 0 Å². The summed E-state index contributed by atoms with van der Waals surface area (Å²) >= 11 is 10.4. The van der Waals surface area contributed by atoms with Crippen LogP contribution in [0.1, 0.15) is 0 Å². The van der Waals surface area contributed by atoms with Crippen molar-refractivity contribution >= 4 is 46.0 Å². The van der Waals surface area contributed by atoms with Crippen molar-refractivity contribution in [1.82, 2.24) is 0 Å². The number of benzene rings is 2. The maximum Gasteiger partial charge on any atom is 0.296 e. The van der Waals surface area contributed by atoms with E-state index in [2.05, 4.69) is 0 Å². The molecule has 6 nitrogen and oxygen atoms in total. The Bertz CT molecular complexity index is 794. The lowest BCUT2D eigenvalue weighted by Crippen LogP contribution is -2.01. The molecule has 0 aliphatic heterocycles.